The molecule has 1 amide bonds. The summed E-state index contributed by atoms with van der Waals surface area (Å²) in [7, 11) is 0. The van der Waals surface area contributed by atoms with Crippen molar-refractivity contribution in [2.75, 3.05) is 5.32 Å². The van der Waals surface area contributed by atoms with Gasteiger partial charge in [-0.3, -0.25) is 9.59 Å². The third-order valence-corrected chi connectivity index (χ3v) is 3.36. The van der Waals surface area contributed by atoms with Crippen LogP contribution in [0.25, 0.3) is 11.0 Å². The van der Waals surface area contributed by atoms with Crippen LogP contribution in [0.1, 0.15) is 19.8 Å². The van der Waals surface area contributed by atoms with Crippen LogP contribution < -0.4 is 11.0 Å². The quantitative estimate of drug-likeness (QED) is 0.734. The average Bonchev–Trinajstić information content (AvgIpc) is 3.20. The molecule has 1 saturated carbocycles. The summed E-state index contributed by atoms with van der Waals surface area (Å²) in [6, 6.07) is 4.99. The van der Waals surface area contributed by atoms with Crippen LogP contribution in [-0.2, 0) is 14.3 Å². The molecule has 0 bridgehead atoms. The summed E-state index contributed by atoms with van der Waals surface area (Å²) >= 11 is 0. The van der Waals surface area contributed by atoms with E-state index in [0.29, 0.717) is 16.7 Å². The van der Waals surface area contributed by atoms with Crippen LogP contribution in [0.2, 0.25) is 0 Å². The van der Waals surface area contributed by atoms with Crippen molar-refractivity contribution in [3.8, 4) is 0 Å². The van der Waals surface area contributed by atoms with E-state index in [4.69, 9.17) is 4.74 Å². The molecule has 1 heterocycles. The minimum Gasteiger partial charge on any atom is -0.452 e. The number of amides is 1. The molecule has 1 aromatic carbocycles. The molecule has 1 aliphatic carbocycles. The van der Waals surface area contributed by atoms with Gasteiger partial charge in [0.25, 0.3) is 5.91 Å². The molecule has 2 aromatic rings. The highest BCUT2D eigenvalue weighted by molar-refractivity contribution is 5.96. The molecular weight excluding hydrogens is 274 g/mol. The standard InChI is InChI=1S/C14H15N3O4/c1-7(21-13(19)8-2-3-8)12(18)15-9-4-5-10-11(6-9)17-14(20)16-10/h4-8H,2-3H2,1H3,(H,15,18)(H2,16,17,20)/t7-/m0/s1. The van der Waals surface area contributed by atoms with E-state index in [1.54, 1.807) is 18.2 Å². The van der Waals surface area contributed by atoms with Crippen LogP contribution in [0, 0.1) is 5.92 Å². The number of aromatic nitrogens is 2. The molecule has 3 N–H and O–H groups in total. The van der Waals surface area contributed by atoms with Gasteiger partial charge in [-0.2, -0.15) is 0 Å². The Kier molecular flexibility index (Phi) is 3.25. The van der Waals surface area contributed by atoms with Crippen molar-refractivity contribution in [1.29, 1.82) is 0 Å². The van der Waals surface area contributed by atoms with Crippen LogP contribution in [0.5, 0.6) is 0 Å². The third kappa shape index (κ3) is 2.96. The fourth-order valence-corrected chi connectivity index (χ4v) is 2.00. The monoisotopic (exact) mass is 289 g/mol. The number of carbonyl (C=O) groups excluding carboxylic acids is 2. The number of H-pyrrole nitrogens is 2. The Balaban J connectivity index is 1.66. The van der Waals surface area contributed by atoms with Gasteiger partial charge in [0, 0.05) is 5.69 Å². The fraction of sp³-hybridized carbons (Fsp3) is 0.357. The molecule has 1 atom stereocenters. The van der Waals surface area contributed by atoms with Crippen molar-refractivity contribution < 1.29 is 14.3 Å². The largest absolute Gasteiger partial charge is 0.452 e. The zero-order valence-electron chi connectivity index (χ0n) is 11.4. The Morgan fingerprint density at radius 1 is 1.29 bits per heavy atom. The Bertz CT molecular complexity index is 757. The van der Waals surface area contributed by atoms with Crippen molar-refractivity contribution in [3.05, 3.63) is 28.7 Å². The number of anilines is 1. The Labute approximate surface area is 119 Å². The molecule has 0 aliphatic heterocycles. The first-order valence-corrected chi connectivity index (χ1v) is 6.76. The van der Waals surface area contributed by atoms with Gasteiger partial charge in [-0.1, -0.05) is 0 Å². The van der Waals surface area contributed by atoms with Gasteiger partial charge < -0.3 is 20.0 Å². The number of benzene rings is 1. The number of fused-ring (bicyclic) bond motifs is 1. The van der Waals surface area contributed by atoms with Gasteiger partial charge in [-0.05, 0) is 38.0 Å². The molecule has 110 valence electrons. The Hall–Kier alpha value is -2.57. The van der Waals surface area contributed by atoms with Crippen LogP contribution in [0.4, 0.5) is 5.69 Å². The van der Waals surface area contributed by atoms with E-state index in [2.05, 4.69) is 15.3 Å². The lowest BCUT2D eigenvalue weighted by molar-refractivity contribution is -0.154. The van der Waals surface area contributed by atoms with Crippen molar-refractivity contribution in [3.63, 3.8) is 0 Å². The van der Waals surface area contributed by atoms with E-state index in [0.717, 1.165) is 12.8 Å². The van der Waals surface area contributed by atoms with E-state index >= 15 is 0 Å². The molecule has 3 rings (SSSR count). The maximum Gasteiger partial charge on any atom is 0.323 e. The molecule has 1 aromatic heterocycles. The first kappa shape index (κ1) is 13.4. The predicted octanol–water partition coefficient (Wildman–Crippen LogP) is 1.14. The van der Waals surface area contributed by atoms with Gasteiger partial charge in [-0.25, -0.2) is 4.79 Å². The maximum atomic E-state index is 12.0. The Morgan fingerprint density at radius 2 is 2.00 bits per heavy atom. The molecule has 1 fully saturated rings. The number of esters is 1. The molecule has 0 spiro atoms. The summed E-state index contributed by atoms with van der Waals surface area (Å²) in [4.78, 5) is 39.9. The number of ether oxygens (including phenoxy) is 1. The van der Waals surface area contributed by atoms with Gasteiger partial charge >= 0.3 is 11.7 Å². The number of rotatable bonds is 4. The van der Waals surface area contributed by atoms with Crippen LogP contribution in [0.15, 0.2) is 23.0 Å². The van der Waals surface area contributed by atoms with Gasteiger partial charge in [0.15, 0.2) is 6.10 Å². The SMILES string of the molecule is C[C@H](OC(=O)C1CC1)C(=O)Nc1ccc2[nH]c(=O)[nH]c2c1. The normalized spacial score (nSPS) is 15.7. The highest BCUT2D eigenvalue weighted by atomic mass is 16.5. The summed E-state index contributed by atoms with van der Waals surface area (Å²) in [6.45, 7) is 1.53. The van der Waals surface area contributed by atoms with Crippen molar-refractivity contribution in [2.24, 2.45) is 5.92 Å². The van der Waals surface area contributed by atoms with Gasteiger partial charge in [-0.15, -0.1) is 0 Å². The summed E-state index contributed by atoms with van der Waals surface area (Å²) in [5.41, 5.74) is 1.48. The van der Waals surface area contributed by atoms with E-state index < -0.39 is 12.0 Å². The number of aromatic amines is 2. The lowest BCUT2D eigenvalue weighted by Crippen LogP contribution is -2.30. The molecule has 21 heavy (non-hydrogen) atoms. The number of carbonyl (C=O) groups is 2. The summed E-state index contributed by atoms with van der Waals surface area (Å²) in [5, 5.41) is 2.66. The van der Waals surface area contributed by atoms with E-state index in [-0.39, 0.29) is 17.6 Å². The minimum absolute atomic E-state index is 0.0402. The summed E-state index contributed by atoms with van der Waals surface area (Å²) in [6.07, 6.45) is 0.828. The zero-order valence-corrected chi connectivity index (χ0v) is 11.4. The summed E-state index contributed by atoms with van der Waals surface area (Å²) < 4.78 is 5.08. The zero-order chi connectivity index (χ0) is 15.0. The van der Waals surface area contributed by atoms with Crippen LogP contribution in [0.3, 0.4) is 0 Å². The highest BCUT2D eigenvalue weighted by Gasteiger charge is 2.33. The number of hydrogen-bond acceptors (Lipinski definition) is 4. The van der Waals surface area contributed by atoms with Crippen molar-refractivity contribution in [1.82, 2.24) is 9.97 Å². The van der Waals surface area contributed by atoms with Crippen LogP contribution in [-0.4, -0.2) is 27.9 Å². The minimum atomic E-state index is -0.848. The van der Waals surface area contributed by atoms with Crippen molar-refractivity contribution >= 4 is 28.6 Å². The molecular formula is C14H15N3O4. The van der Waals surface area contributed by atoms with Crippen LogP contribution >= 0.6 is 0 Å². The molecule has 0 radical (unpaired) electrons. The summed E-state index contributed by atoms with van der Waals surface area (Å²) in [5.74, 6) is -0.758. The van der Waals surface area contributed by atoms with E-state index in [9.17, 15) is 14.4 Å². The second-order valence-corrected chi connectivity index (χ2v) is 5.18. The lowest BCUT2D eigenvalue weighted by atomic mass is 10.2. The predicted molar refractivity (Wildman–Crippen MR) is 75.8 cm³/mol. The maximum absolute atomic E-state index is 12.0. The highest BCUT2D eigenvalue weighted by Crippen LogP contribution is 2.30. The van der Waals surface area contributed by atoms with E-state index in [1.807, 2.05) is 0 Å². The molecule has 7 nitrogen and oxygen atoms in total. The lowest BCUT2D eigenvalue weighted by Gasteiger charge is -2.13. The number of nitrogens with one attached hydrogen (secondary N) is 3. The number of hydrogen-bond donors (Lipinski definition) is 3. The molecule has 0 saturated heterocycles. The second-order valence-electron chi connectivity index (χ2n) is 5.18. The van der Waals surface area contributed by atoms with Gasteiger partial charge in [0.2, 0.25) is 0 Å². The third-order valence-electron chi connectivity index (χ3n) is 3.36. The average molecular weight is 289 g/mol. The first-order chi connectivity index (χ1) is 10.0. The fourth-order valence-electron chi connectivity index (χ4n) is 2.00. The van der Waals surface area contributed by atoms with Crippen molar-refractivity contribution in [2.45, 2.75) is 25.9 Å². The topological polar surface area (TPSA) is 104 Å². The first-order valence-electron chi connectivity index (χ1n) is 6.76. The van der Waals surface area contributed by atoms with Gasteiger partial charge in [0.05, 0.1) is 17.0 Å². The van der Waals surface area contributed by atoms with Gasteiger partial charge in [0.1, 0.15) is 0 Å². The number of imidazole rings is 1. The molecule has 1 aliphatic rings. The van der Waals surface area contributed by atoms with E-state index in [1.165, 1.54) is 6.92 Å². The molecule has 7 heteroatoms. The smallest absolute Gasteiger partial charge is 0.323 e. The second kappa shape index (κ2) is 5.08. The Morgan fingerprint density at radius 3 is 2.71 bits per heavy atom. The molecule has 0 unspecified atom stereocenters.